The minimum atomic E-state index is -0.176. The lowest BCUT2D eigenvalue weighted by Gasteiger charge is -2.33. The van der Waals surface area contributed by atoms with Crippen LogP contribution in [-0.4, -0.2) is 40.6 Å². The van der Waals surface area contributed by atoms with Gasteiger partial charge in [0.15, 0.2) is 5.82 Å². The summed E-state index contributed by atoms with van der Waals surface area (Å²) in [6.45, 7) is 2.04. The van der Waals surface area contributed by atoms with Gasteiger partial charge in [0.05, 0.1) is 0 Å². The van der Waals surface area contributed by atoms with Crippen molar-refractivity contribution in [1.29, 1.82) is 0 Å². The Balaban J connectivity index is 1.21. The Bertz CT molecular complexity index is 872. The van der Waals surface area contributed by atoms with Crippen LogP contribution in [0.15, 0.2) is 28.8 Å². The first kappa shape index (κ1) is 19.6. The molecule has 30 heavy (non-hydrogen) atoms. The van der Waals surface area contributed by atoms with E-state index in [1.165, 1.54) is 38.5 Å². The number of rotatable bonds is 4. The van der Waals surface area contributed by atoms with Crippen molar-refractivity contribution in [2.24, 2.45) is 5.92 Å². The lowest BCUT2D eigenvalue weighted by molar-refractivity contribution is -0.134. The lowest BCUT2D eigenvalue weighted by Crippen LogP contribution is -2.43. The molecule has 5 rings (SSSR count). The number of carbonyl (C=O) groups is 1. The SMILES string of the molecule is O=C([C@H]1COc2ccccc21)N1CCC[C@H](Cc2nc(C3CCCCCC3)no2)C1. The summed E-state index contributed by atoms with van der Waals surface area (Å²) in [7, 11) is 0. The minimum absolute atomic E-state index is 0.176. The highest BCUT2D eigenvalue weighted by Crippen LogP contribution is 2.36. The number of hydrogen-bond acceptors (Lipinski definition) is 5. The first-order valence-corrected chi connectivity index (χ1v) is 11.6. The number of carbonyl (C=O) groups excluding carboxylic acids is 1. The molecule has 160 valence electrons. The molecule has 0 radical (unpaired) electrons. The van der Waals surface area contributed by atoms with E-state index in [1.807, 2.05) is 29.2 Å². The number of piperidine rings is 1. The van der Waals surface area contributed by atoms with Crippen LogP contribution in [0.4, 0.5) is 0 Å². The van der Waals surface area contributed by atoms with Crippen molar-refractivity contribution in [1.82, 2.24) is 15.0 Å². The standard InChI is InChI=1S/C24H31N3O3/c28-24(20-16-29-21-12-6-5-11-19(20)21)27-13-7-8-17(15-27)14-22-25-23(26-30-22)18-9-3-1-2-4-10-18/h5-6,11-12,17-18,20H,1-4,7-10,13-16H2/t17-,20+/m1/s1. The van der Waals surface area contributed by atoms with Crippen LogP contribution in [0.25, 0.3) is 0 Å². The first-order valence-electron chi connectivity index (χ1n) is 11.6. The largest absolute Gasteiger partial charge is 0.492 e. The van der Waals surface area contributed by atoms with Crippen molar-refractivity contribution < 1.29 is 14.1 Å². The zero-order chi connectivity index (χ0) is 20.3. The molecular weight excluding hydrogens is 378 g/mol. The number of benzene rings is 1. The fraction of sp³-hybridized carbons (Fsp3) is 0.625. The van der Waals surface area contributed by atoms with E-state index >= 15 is 0 Å². The second-order valence-electron chi connectivity index (χ2n) is 9.13. The molecule has 1 aromatic carbocycles. The van der Waals surface area contributed by atoms with Crippen LogP contribution in [-0.2, 0) is 11.2 Å². The summed E-state index contributed by atoms with van der Waals surface area (Å²) in [5, 5.41) is 4.31. The second kappa shape index (κ2) is 8.78. The zero-order valence-corrected chi connectivity index (χ0v) is 17.6. The molecule has 1 saturated carbocycles. The van der Waals surface area contributed by atoms with Crippen LogP contribution in [0.1, 0.15) is 80.5 Å². The average Bonchev–Trinajstić information content (AvgIpc) is 3.33. The monoisotopic (exact) mass is 409 g/mol. The molecule has 3 heterocycles. The van der Waals surface area contributed by atoms with Crippen LogP contribution < -0.4 is 4.74 Å². The molecule has 1 saturated heterocycles. The number of nitrogens with zero attached hydrogens (tertiary/aromatic N) is 3. The minimum Gasteiger partial charge on any atom is -0.492 e. The van der Waals surface area contributed by atoms with E-state index in [1.54, 1.807) is 0 Å². The Kier molecular flexibility index (Phi) is 5.73. The number of hydrogen-bond donors (Lipinski definition) is 0. The third-order valence-electron chi connectivity index (χ3n) is 7.00. The van der Waals surface area contributed by atoms with E-state index in [0.29, 0.717) is 18.4 Å². The Hall–Kier alpha value is -2.37. The third kappa shape index (κ3) is 4.09. The summed E-state index contributed by atoms with van der Waals surface area (Å²) in [6, 6.07) is 7.90. The smallest absolute Gasteiger partial charge is 0.233 e. The van der Waals surface area contributed by atoms with Crippen LogP contribution in [0.3, 0.4) is 0 Å². The molecule has 1 aromatic heterocycles. The van der Waals surface area contributed by atoms with Crippen molar-refractivity contribution in [3.05, 3.63) is 41.5 Å². The molecule has 0 spiro atoms. The van der Waals surface area contributed by atoms with E-state index in [0.717, 1.165) is 55.4 Å². The fourth-order valence-electron chi connectivity index (χ4n) is 5.32. The summed E-state index contributed by atoms with van der Waals surface area (Å²) in [5.74, 6) is 3.33. The molecule has 2 atom stereocenters. The highest BCUT2D eigenvalue weighted by atomic mass is 16.5. The second-order valence-corrected chi connectivity index (χ2v) is 9.13. The molecule has 6 nitrogen and oxygen atoms in total. The van der Waals surface area contributed by atoms with Crippen molar-refractivity contribution >= 4 is 5.91 Å². The topological polar surface area (TPSA) is 68.5 Å². The van der Waals surface area contributed by atoms with Gasteiger partial charge in [-0.3, -0.25) is 4.79 Å². The fourth-order valence-corrected chi connectivity index (χ4v) is 5.32. The normalized spacial score (nSPS) is 24.9. The van der Waals surface area contributed by atoms with Crippen molar-refractivity contribution in [3.63, 3.8) is 0 Å². The molecule has 6 heteroatoms. The van der Waals surface area contributed by atoms with Crippen molar-refractivity contribution in [2.45, 2.75) is 69.6 Å². The molecule has 1 aliphatic carbocycles. The van der Waals surface area contributed by atoms with Gasteiger partial charge in [0.2, 0.25) is 11.8 Å². The van der Waals surface area contributed by atoms with E-state index in [9.17, 15) is 4.79 Å². The number of aromatic nitrogens is 2. The van der Waals surface area contributed by atoms with Gasteiger partial charge in [0, 0.05) is 31.0 Å². The third-order valence-corrected chi connectivity index (χ3v) is 7.00. The van der Waals surface area contributed by atoms with Gasteiger partial charge >= 0.3 is 0 Å². The molecule has 0 unspecified atom stereocenters. The van der Waals surface area contributed by atoms with Gasteiger partial charge in [-0.2, -0.15) is 4.98 Å². The zero-order valence-electron chi connectivity index (χ0n) is 17.6. The molecule has 2 fully saturated rings. The predicted molar refractivity (Wildman–Crippen MR) is 112 cm³/mol. The Labute approximate surface area is 178 Å². The Morgan fingerprint density at radius 1 is 1.07 bits per heavy atom. The predicted octanol–water partition coefficient (Wildman–Crippen LogP) is 4.46. The van der Waals surface area contributed by atoms with Gasteiger partial charge in [-0.1, -0.05) is 49.0 Å². The number of amides is 1. The Morgan fingerprint density at radius 2 is 1.90 bits per heavy atom. The van der Waals surface area contributed by atoms with E-state index in [-0.39, 0.29) is 11.8 Å². The number of ether oxygens (including phenoxy) is 1. The van der Waals surface area contributed by atoms with Crippen molar-refractivity contribution in [2.75, 3.05) is 19.7 Å². The number of para-hydroxylation sites is 1. The summed E-state index contributed by atoms with van der Waals surface area (Å²) in [6.07, 6.45) is 10.4. The van der Waals surface area contributed by atoms with Gasteiger partial charge in [0.1, 0.15) is 18.3 Å². The molecule has 2 aromatic rings. The summed E-state index contributed by atoms with van der Waals surface area (Å²) >= 11 is 0. The molecule has 3 aliphatic rings. The van der Waals surface area contributed by atoms with Gasteiger partial charge in [-0.05, 0) is 37.7 Å². The van der Waals surface area contributed by atoms with Gasteiger partial charge in [-0.25, -0.2) is 0 Å². The number of fused-ring (bicyclic) bond motifs is 1. The highest BCUT2D eigenvalue weighted by Gasteiger charge is 2.35. The van der Waals surface area contributed by atoms with E-state index in [2.05, 4.69) is 5.16 Å². The quantitative estimate of drug-likeness (QED) is 0.697. The summed E-state index contributed by atoms with van der Waals surface area (Å²) in [4.78, 5) is 20.0. The maximum Gasteiger partial charge on any atom is 0.233 e. The maximum absolute atomic E-state index is 13.2. The van der Waals surface area contributed by atoms with Crippen LogP contribution in [0.5, 0.6) is 5.75 Å². The first-order chi connectivity index (χ1) is 14.8. The lowest BCUT2D eigenvalue weighted by atomic mass is 9.92. The summed E-state index contributed by atoms with van der Waals surface area (Å²) in [5.41, 5.74) is 1.02. The average molecular weight is 410 g/mol. The molecule has 2 aliphatic heterocycles. The van der Waals surface area contributed by atoms with Gasteiger partial charge < -0.3 is 14.2 Å². The Morgan fingerprint density at radius 3 is 2.77 bits per heavy atom. The molecule has 0 N–H and O–H groups in total. The highest BCUT2D eigenvalue weighted by molar-refractivity contribution is 5.85. The number of likely N-dealkylation sites (tertiary alicyclic amines) is 1. The summed E-state index contributed by atoms with van der Waals surface area (Å²) < 4.78 is 11.4. The van der Waals surface area contributed by atoms with Crippen LogP contribution >= 0.6 is 0 Å². The van der Waals surface area contributed by atoms with Crippen LogP contribution in [0, 0.1) is 5.92 Å². The molecular formula is C24H31N3O3. The van der Waals surface area contributed by atoms with Crippen molar-refractivity contribution in [3.8, 4) is 5.75 Å². The van der Waals surface area contributed by atoms with E-state index in [4.69, 9.17) is 14.2 Å². The van der Waals surface area contributed by atoms with Gasteiger partial charge in [0.25, 0.3) is 0 Å². The van der Waals surface area contributed by atoms with E-state index < -0.39 is 0 Å². The maximum atomic E-state index is 13.2. The van der Waals surface area contributed by atoms with Crippen LogP contribution in [0.2, 0.25) is 0 Å². The molecule has 0 bridgehead atoms. The molecule has 1 amide bonds. The van der Waals surface area contributed by atoms with Gasteiger partial charge in [-0.15, -0.1) is 0 Å².